The second-order valence-electron chi connectivity index (χ2n) is 7.16. The van der Waals surface area contributed by atoms with Crippen molar-refractivity contribution >= 4 is 29.1 Å². The third-order valence-corrected chi connectivity index (χ3v) is 5.46. The van der Waals surface area contributed by atoms with Gasteiger partial charge in [-0.1, -0.05) is 29.8 Å². The van der Waals surface area contributed by atoms with Crippen LogP contribution >= 0.6 is 11.6 Å². The third kappa shape index (κ3) is 4.20. The first-order valence-electron chi connectivity index (χ1n) is 9.64. The van der Waals surface area contributed by atoms with Crippen LogP contribution in [0.25, 0.3) is 5.76 Å². The maximum Gasteiger partial charge on any atom is 0.295 e. The van der Waals surface area contributed by atoms with Gasteiger partial charge in [0.05, 0.1) is 11.6 Å². The number of aromatic nitrogens is 1. The maximum absolute atomic E-state index is 13.2. The van der Waals surface area contributed by atoms with Crippen molar-refractivity contribution in [3.8, 4) is 0 Å². The maximum atomic E-state index is 13.2. The van der Waals surface area contributed by atoms with Crippen LogP contribution in [0.2, 0.25) is 5.02 Å². The Balaban J connectivity index is 1.74. The normalized spacial score (nSPS) is 17.9. The van der Waals surface area contributed by atoms with Gasteiger partial charge in [-0.15, -0.1) is 0 Å². The molecule has 1 aliphatic heterocycles. The highest BCUT2D eigenvalue weighted by molar-refractivity contribution is 6.46. The summed E-state index contributed by atoms with van der Waals surface area (Å²) in [6.45, 7) is 0.215. The minimum absolute atomic E-state index is 0.000529. The lowest BCUT2D eigenvalue weighted by Gasteiger charge is -2.25. The molecule has 1 unspecified atom stereocenters. The first-order chi connectivity index (χ1) is 15.0. The summed E-state index contributed by atoms with van der Waals surface area (Å²) in [6.07, 6.45) is 3.58. The number of carbonyl (C=O) groups is 2. The molecule has 2 heterocycles. The molecule has 0 spiro atoms. The molecule has 0 aliphatic carbocycles. The van der Waals surface area contributed by atoms with E-state index in [9.17, 15) is 19.1 Å². The van der Waals surface area contributed by atoms with Gasteiger partial charge >= 0.3 is 0 Å². The molecule has 3 aromatic rings. The number of carbonyl (C=O) groups excluding carboxylic acids is 2. The Hall–Kier alpha value is -3.51. The van der Waals surface area contributed by atoms with Gasteiger partial charge < -0.3 is 10.0 Å². The minimum Gasteiger partial charge on any atom is -0.507 e. The topological polar surface area (TPSA) is 70.5 Å². The van der Waals surface area contributed by atoms with Gasteiger partial charge in [-0.25, -0.2) is 4.39 Å². The molecular formula is C24H18ClFN2O3. The number of pyridine rings is 1. The molecule has 1 fully saturated rings. The molecule has 1 aromatic heterocycles. The Morgan fingerprint density at radius 2 is 1.77 bits per heavy atom. The van der Waals surface area contributed by atoms with Crippen LogP contribution in [-0.2, 0) is 16.0 Å². The van der Waals surface area contributed by atoms with Gasteiger partial charge in [-0.05, 0) is 60.0 Å². The number of Topliss-reactive ketones (excluding diaryl/α,β-unsaturated/α-hetero) is 1. The van der Waals surface area contributed by atoms with E-state index in [0.29, 0.717) is 22.6 Å². The quantitative estimate of drug-likeness (QED) is 0.362. The van der Waals surface area contributed by atoms with E-state index in [4.69, 9.17) is 11.6 Å². The zero-order valence-electron chi connectivity index (χ0n) is 16.3. The molecule has 5 nitrogen and oxygen atoms in total. The molecule has 1 aliphatic rings. The Labute approximate surface area is 183 Å². The smallest absolute Gasteiger partial charge is 0.295 e. The number of aliphatic hydroxyl groups is 1. The monoisotopic (exact) mass is 436 g/mol. The number of benzene rings is 2. The molecule has 1 N–H and O–H groups in total. The molecule has 4 rings (SSSR count). The van der Waals surface area contributed by atoms with Crippen LogP contribution in [0.5, 0.6) is 0 Å². The van der Waals surface area contributed by atoms with Gasteiger partial charge in [0, 0.05) is 29.5 Å². The number of aliphatic hydroxyl groups excluding tert-OH is 1. The number of halogens is 2. The molecule has 0 bridgehead atoms. The second kappa shape index (κ2) is 8.70. The van der Waals surface area contributed by atoms with Gasteiger partial charge in [0.25, 0.3) is 11.7 Å². The van der Waals surface area contributed by atoms with E-state index >= 15 is 0 Å². The number of amides is 1. The van der Waals surface area contributed by atoms with E-state index in [-0.39, 0.29) is 23.7 Å². The summed E-state index contributed by atoms with van der Waals surface area (Å²) in [6, 6.07) is 15.0. The van der Waals surface area contributed by atoms with E-state index in [2.05, 4.69) is 4.98 Å². The van der Waals surface area contributed by atoms with E-state index in [1.807, 2.05) is 0 Å². The van der Waals surface area contributed by atoms with Crippen molar-refractivity contribution in [3.63, 3.8) is 0 Å². The van der Waals surface area contributed by atoms with Crippen molar-refractivity contribution in [1.29, 1.82) is 0 Å². The Morgan fingerprint density at radius 3 is 2.42 bits per heavy atom. The van der Waals surface area contributed by atoms with Gasteiger partial charge in [0.15, 0.2) is 0 Å². The lowest BCUT2D eigenvalue weighted by Crippen LogP contribution is -2.31. The van der Waals surface area contributed by atoms with Crippen molar-refractivity contribution in [1.82, 2.24) is 9.88 Å². The SMILES string of the molecule is O=C1C(=O)N(CCc2ccc(F)cc2)C(c2cccnc2)/C1=C(/O)c1ccc(Cl)cc1. The van der Waals surface area contributed by atoms with E-state index in [0.717, 1.165) is 5.56 Å². The number of nitrogens with zero attached hydrogens (tertiary/aromatic N) is 2. The number of ketones is 1. The molecule has 1 atom stereocenters. The van der Waals surface area contributed by atoms with Crippen LogP contribution < -0.4 is 0 Å². The van der Waals surface area contributed by atoms with Crippen molar-refractivity contribution in [2.24, 2.45) is 0 Å². The van der Waals surface area contributed by atoms with Crippen LogP contribution in [0, 0.1) is 5.82 Å². The Bertz CT molecular complexity index is 1150. The zero-order valence-corrected chi connectivity index (χ0v) is 17.1. The fourth-order valence-corrected chi connectivity index (χ4v) is 3.78. The summed E-state index contributed by atoms with van der Waals surface area (Å²) in [7, 11) is 0. The van der Waals surface area contributed by atoms with Gasteiger partial charge in [0.2, 0.25) is 0 Å². The first kappa shape index (κ1) is 20.8. The standard InChI is InChI=1S/C24H18ClFN2O3/c25-18-7-5-16(6-8-18)22(29)20-21(17-2-1-12-27-14-17)28(24(31)23(20)30)13-11-15-3-9-19(26)10-4-15/h1-10,12,14,21,29H,11,13H2/b22-20-. The Kier molecular flexibility index (Phi) is 5.82. The summed E-state index contributed by atoms with van der Waals surface area (Å²) < 4.78 is 13.2. The van der Waals surface area contributed by atoms with Gasteiger partial charge in [-0.3, -0.25) is 14.6 Å². The fourth-order valence-electron chi connectivity index (χ4n) is 3.66. The van der Waals surface area contributed by atoms with Crippen LogP contribution in [-0.4, -0.2) is 33.2 Å². The lowest BCUT2D eigenvalue weighted by atomic mass is 9.96. The number of rotatable bonds is 5. The van der Waals surface area contributed by atoms with E-state index in [1.165, 1.54) is 17.0 Å². The van der Waals surface area contributed by atoms with Crippen molar-refractivity contribution in [2.75, 3.05) is 6.54 Å². The summed E-state index contributed by atoms with van der Waals surface area (Å²) in [4.78, 5) is 31.4. The molecule has 31 heavy (non-hydrogen) atoms. The number of hydrogen-bond donors (Lipinski definition) is 1. The highest BCUT2D eigenvalue weighted by atomic mass is 35.5. The molecular weight excluding hydrogens is 419 g/mol. The van der Waals surface area contributed by atoms with Gasteiger partial charge in [-0.2, -0.15) is 0 Å². The predicted octanol–water partition coefficient (Wildman–Crippen LogP) is 4.54. The molecule has 156 valence electrons. The molecule has 2 aromatic carbocycles. The third-order valence-electron chi connectivity index (χ3n) is 5.21. The van der Waals surface area contributed by atoms with Crippen LogP contribution in [0.1, 0.15) is 22.7 Å². The highest BCUT2D eigenvalue weighted by Crippen LogP contribution is 2.39. The highest BCUT2D eigenvalue weighted by Gasteiger charge is 2.45. The lowest BCUT2D eigenvalue weighted by molar-refractivity contribution is -0.139. The Morgan fingerprint density at radius 1 is 1.06 bits per heavy atom. The molecule has 1 saturated heterocycles. The van der Waals surface area contributed by atoms with Crippen molar-refractivity contribution in [2.45, 2.75) is 12.5 Å². The first-order valence-corrected chi connectivity index (χ1v) is 10.0. The second-order valence-corrected chi connectivity index (χ2v) is 7.60. The fraction of sp³-hybridized carbons (Fsp3) is 0.125. The van der Waals surface area contributed by atoms with Crippen LogP contribution in [0.3, 0.4) is 0 Å². The molecule has 0 saturated carbocycles. The largest absolute Gasteiger partial charge is 0.507 e. The average Bonchev–Trinajstić information content (AvgIpc) is 3.04. The van der Waals surface area contributed by atoms with Gasteiger partial charge in [0.1, 0.15) is 11.6 Å². The average molecular weight is 437 g/mol. The number of likely N-dealkylation sites (tertiary alicyclic amines) is 1. The molecule has 7 heteroatoms. The van der Waals surface area contributed by atoms with Crippen LogP contribution in [0.4, 0.5) is 4.39 Å². The van der Waals surface area contributed by atoms with Crippen LogP contribution in [0.15, 0.2) is 78.6 Å². The summed E-state index contributed by atoms with van der Waals surface area (Å²) in [5.41, 5.74) is 1.82. The zero-order chi connectivity index (χ0) is 22.0. The molecule has 1 amide bonds. The van der Waals surface area contributed by atoms with Crippen molar-refractivity contribution in [3.05, 3.63) is 106 Å². The summed E-state index contributed by atoms with van der Waals surface area (Å²) in [5, 5.41) is 11.4. The van der Waals surface area contributed by atoms with E-state index in [1.54, 1.807) is 60.9 Å². The number of hydrogen-bond acceptors (Lipinski definition) is 4. The van der Waals surface area contributed by atoms with E-state index < -0.39 is 17.7 Å². The predicted molar refractivity (Wildman–Crippen MR) is 115 cm³/mol. The molecule has 0 radical (unpaired) electrons. The van der Waals surface area contributed by atoms with Crippen molar-refractivity contribution < 1.29 is 19.1 Å². The summed E-state index contributed by atoms with van der Waals surface area (Å²) >= 11 is 5.93. The minimum atomic E-state index is -0.787. The summed E-state index contributed by atoms with van der Waals surface area (Å²) in [5.74, 6) is -2.08.